The molecule has 0 amide bonds. The zero-order valence-electron chi connectivity index (χ0n) is 14.3. The van der Waals surface area contributed by atoms with Crippen LogP contribution in [-0.2, 0) is 10.8 Å². The Balaban J connectivity index is 2.84. The summed E-state index contributed by atoms with van der Waals surface area (Å²) >= 11 is 0. The molecule has 2 aromatic carbocycles. The van der Waals surface area contributed by atoms with E-state index in [0.717, 1.165) is 10.9 Å². The predicted octanol–water partition coefficient (Wildman–Crippen LogP) is 5.64. The van der Waals surface area contributed by atoms with Gasteiger partial charge < -0.3 is 0 Å². The van der Waals surface area contributed by atoms with Crippen molar-refractivity contribution in [3.05, 3.63) is 47.0 Å². The van der Waals surface area contributed by atoms with Gasteiger partial charge >= 0.3 is 0 Å². The van der Waals surface area contributed by atoms with Crippen molar-refractivity contribution in [3.8, 4) is 0 Å². The fourth-order valence-corrected chi connectivity index (χ4v) is 2.65. The highest BCUT2D eigenvalue weighted by Crippen LogP contribution is 2.34. The number of Topliss-reactive ketones (excluding diaryl/α,β-unsaturated/α-hetero) is 1. The minimum absolute atomic E-state index is 0.0141. The zero-order valence-corrected chi connectivity index (χ0v) is 14.3. The highest BCUT2D eigenvalue weighted by Gasteiger charge is 2.21. The Labute approximate surface area is 128 Å². The molecule has 112 valence electrons. The Hall–Kier alpha value is -1.63. The topological polar surface area (TPSA) is 17.1 Å². The molecule has 21 heavy (non-hydrogen) atoms. The second-order valence-electron chi connectivity index (χ2n) is 8.02. The minimum atomic E-state index is 0.0141. The number of hydrogen-bond donors (Lipinski definition) is 0. The maximum absolute atomic E-state index is 11.8. The molecule has 2 rings (SSSR count). The van der Waals surface area contributed by atoms with Gasteiger partial charge in [0.1, 0.15) is 0 Å². The van der Waals surface area contributed by atoms with Crippen LogP contribution in [-0.4, -0.2) is 5.78 Å². The fraction of sp³-hybridized carbons (Fsp3) is 0.450. The number of fused-ring (bicyclic) bond motifs is 1. The van der Waals surface area contributed by atoms with Crippen LogP contribution in [0.5, 0.6) is 0 Å². The van der Waals surface area contributed by atoms with Crippen molar-refractivity contribution in [1.29, 1.82) is 0 Å². The van der Waals surface area contributed by atoms with Crippen molar-refractivity contribution in [3.63, 3.8) is 0 Å². The molecule has 0 radical (unpaired) electrons. The van der Waals surface area contributed by atoms with E-state index < -0.39 is 0 Å². The summed E-state index contributed by atoms with van der Waals surface area (Å²) in [6, 6.07) is 10.7. The fourth-order valence-electron chi connectivity index (χ4n) is 2.65. The van der Waals surface area contributed by atoms with E-state index in [1.807, 2.05) is 6.07 Å². The molecular weight excluding hydrogens is 256 g/mol. The van der Waals surface area contributed by atoms with E-state index in [2.05, 4.69) is 65.8 Å². The quantitative estimate of drug-likeness (QED) is 0.619. The van der Waals surface area contributed by atoms with Crippen LogP contribution in [0.3, 0.4) is 0 Å². The zero-order chi connectivity index (χ0) is 16.0. The van der Waals surface area contributed by atoms with Crippen molar-refractivity contribution in [2.24, 2.45) is 0 Å². The molecule has 0 aliphatic carbocycles. The standard InChI is InChI=1S/C20H26O/c1-13(21)15-10-14-8-9-16(19(2,3)4)12-17(14)18(11-15)20(5,6)7/h8-12H,1-7H3. The lowest BCUT2D eigenvalue weighted by Gasteiger charge is -2.25. The first-order valence-corrected chi connectivity index (χ1v) is 7.60. The normalized spacial score (nSPS) is 12.7. The molecule has 0 heterocycles. The van der Waals surface area contributed by atoms with Gasteiger partial charge in [0.05, 0.1) is 0 Å². The first-order chi connectivity index (χ1) is 9.50. The van der Waals surface area contributed by atoms with Crippen LogP contribution >= 0.6 is 0 Å². The first-order valence-electron chi connectivity index (χ1n) is 7.60. The molecule has 0 fully saturated rings. The Morgan fingerprint density at radius 1 is 0.857 bits per heavy atom. The number of benzene rings is 2. The van der Waals surface area contributed by atoms with Crippen LogP contribution in [0.25, 0.3) is 10.8 Å². The SMILES string of the molecule is CC(=O)c1cc(C(C)(C)C)c2cc(C(C)(C)C)ccc2c1. The van der Waals surface area contributed by atoms with E-state index in [4.69, 9.17) is 0 Å². The Bertz CT molecular complexity index is 694. The van der Waals surface area contributed by atoms with Crippen LogP contribution in [0, 0.1) is 0 Å². The highest BCUT2D eigenvalue weighted by molar-refractivity contribution is 6.00. The predicted molar refractivity (Wildman–Crippen MR) is 91.4 cm³/mol. The number of hydrogen-bond acceptors (Lipinski definition) is 1. The lowest BCUT2D eigenvalue weighted by atomic mass is 9.79. The summed E-state index contributed by atoms with van der Waals surface area (Å²) in [5, 5.41) is 2.42. The van der Waals surface area contributed by atoms with E-state index >= 15 is 0 Å². The second-order valence-corrected chi connectivity index (χ2v) is 8.02. The number of rotatable bonds is 1. The maximum Gasteiger partial charge on any atom is 0.159 e. The van der Waals surface area contributed by atoms with Gasteiger partial charge in [-0.05, 0) is 51.8 Å². The van der Waals surface area contributed by atoms with Gasteiger partial charge in [-0.15, -0.1) is 0 Å². The second kappa shape index (κ2) is 4.98. The molecule has 0 saturated carbocycles. The lowest BCUT2D eigenvalue weighted by Crippen LogP contribution is -2.15. The molecular formula is C20H26O. The van der Waals surface area contributed by atoms with Crippen LogP contribution < -0.4 is 0 Å². The van der Waals surface area contributed by atoms with Crippen LogP contribution in [0.1, 0.15) is 70.0 Å². The Kier molecular flexibility index (Phi) is 3.73. The van der Waals surface area contributed by atoms with Crippen molar-refractivity contribution in [2.75, 3.05) is 0 Å². The summed E-state index contributed by atoms with van der Waals surface area (Å²) < 4.78 is 0. The first kappa shape index (κ1) is 15.8. The summed E-state index contributed by atoms with van der Waals surface area (Å²) in [6.45, 7) is 14.9. The van der Waals surface area contributed by atoms with Gasteiger partial charge in [0, 0.05) is 5.56 Å². The van der Waals surface area contributed by atoms with Gasteiger partial charge in [0.15, 0.2) is 5.78 Å². The molecule has 0 aliphatic rings. The Morgan fingerprint density at radius 2 is 1.48 bits per heavy atom. The smallest absolute Gasteiger partial charge is 0.159 e. The van der Waals surface area contributed by atoms with Gasteiger partial charge in [0.25, 0.3) is 0 Å². The summed E-state index contributed by atoms with van der Waals surface area (Å²) in [4.78, 5) is 11.8. The summed E-state index contributed by atoms with van der Waals surface area (Å²) in [5.41, 5.74) is 3.52. The Morgan fingerprint density at radius 3 is 1.95 bits per heavy atom. The number of ketones is 1. The molecule has 2 aromatic rings. The van der Waals surface area contributed by atoms with Crippen LogP contribution in [0.4, 0.5) is 0 Å². The third-order valence-corrected chi connectivity index (χ3v) is 4.03. The van der Waals surface area contributed by atoms with Gasteiger partial charge in [-0.3, -0.25) is 4.79 Å². The molecule has 0 spiro atoms. The van der Waals surface area contributed by atoms with Crippen LogP contribution in [0.2, 0.25) is 0 Å². The minimum Gasteiger partial charge on any atom is -0.295 e. The van der Waals surface area contributed by atoms with Crippen molar-refractivity contribution >= 4 is 16.6 Å². The molecule has 0 unspecified atom stereocenters. The number of carbonyl (C=O) groups is 1. The van der Waals surface area contributed by atoms with E-state index in [0.29, 0.717) is 0 Å². The lowest BCUT2D eigenvalue weighted by molar-refractivity contribution is 0.101. The molecule has 1 heteroatoms. The molecule has 0 bridgehead atoms. The highest BCUT2D eigenvalue weighted by atomic mass is 16.1. The molecule has 1 nitrogen and oxygen atoms in total. The van der Waals surface area contributed by atoms with E-state index in [1.54, 1.807) is 6.92 Å². The van der Waals surface area contributed by atoms with E-state index in [9.17, 15) is 4.79 Å². The third kappa shape index (κ3) is 3.18. The van der Waals surface area contributed by atoms with Gasteiger partial charge in [-0.2, -0.15) is 0 Å². The summed E-state index contributed by atoms with van der Waals surface area (Å²) in [5.74, 6) is 0.127. The largest absolute Gasteiger partial charge is 0.295 e. The van der Waals surface area contributed by atoms with E-state index in [1.165, 1.54) is 16.5 Å². The van der Waals surface area contributed by atoms with Gasteiger partial charge in [-0.1, -0.05) is 59.7 Å². The molecule has 0 aliphatic heterocycles. The summed E-state index contributed by atoms with van der Waals surface area (Å²) in [6.07, 6.45) is 0. The third-order valence-electron chi connectivity index (χ3n) is 4.03. The monoisotopic (exact) mass is 282 g/mol. The van der Waals surface area contributed by atoms with Crippen molar-refractivity contribution in [1.82, 2.24) is 0 Å². The maximum atomic E-state index is 11.8. The molecule has 0 saturated heterocycles. The molecule has 0 N–H and O–H groups in total. The number of carbonyl (C=O) groups excluding carboxylic acids is 1. The van der Waals surface area contributed by atoms with Gasteiger partial charge in [-0.25, -0.2) is 0 Å². The average Bonchev–Trinajstić information content (AvgIpc) is 2.34. The average molecular weight is 282 g/mol. The van der Waals surface area contributed by atoms with Crippen molar-refractivity contribution < 1.29 is 4.79 Å². The summed E-state index contributed by atoms with van der Waals surface area (Å²) in [7, 11) is 0. The van der Waals surface area contributed by atoms with Crippen molar-refractivity contribution in [2.45, 2.75) is 59.3 Å². The van der Waals surface area contributed by atoms with Crippen LogP contribution in [0.15, 0.2) is 30.3 Å². The van der Waals surface area contributed by atoms with E-state index in [-0.39, 0.29) is 16.6 Å². The van der Waals surface area contributed by atoms with Gasteiger partial charge in [0.2, 0.25) is 0 Å². The molecule has 0 aromatic heterocycles. The molecule has 0 atom stereocenters.